The van der Waals surface area contributed by atoms with Gasteiger partial charge < -0.3 is 0 Å². The fourth-order valence-corrected chi connectivity index (χ4v) is 6.40. The van der Waals surface area contributed by atoms with E-state index in [1.54, 1.807) is 0 Å². The number of aryl methyl sites for hydroxylation is 1. The first-order chi connectivity index (χ1) is 20.3. The molecule has 0 atom stereocenters. The number of hydrogen-bond donors (Lipinski definition) is 0. The molecule has 0 N–H and O–H groups in total. The van der Waals surface area contributed by atoms with Crippen molar-refractivity contribution in [2.45, 2.75) is 78.1 Å². The predicted octanol–water partition coefficient (Wildman–Crippen LogP) is 8.44. The highest BCUT2D eigenvalue weighted by atomic mass is 14.9. The summed E-state index contributed by atoms with van der Waals surface area (Å²) in [5, 5.41) is 1.33. The number of nitrogens with zero attached hydrogens (tertiary/aromatic N) is 1. The third kappa shape index (κ3) is 8.20. The molecule has 0 aliphatic heterocycles. The molecule has 41 heavy (non-hydrogen) atoms. The Morgan fingerprint density at radius 3 is 1.49 bits per heavy atom. The van der Waals surface area contributed by atoms with Gasteiger partial charge in [-0.25, -0.2) is 0 Å². The van der Waals surface area contributed by atoms with Crippen LogP contribution in [0.3, 0.4) is 0 Å². The van der Waals surface area contributed by atoms with Crippen LogP contribution < -0.4 is 21.0 Å². The highest BCUT2D eigenvalue weighted by molar-refractivity contribution is 7.11. The summed E-state index contributed by atoms with van der Waals surface area (Å²) in [5.41, 5.74) is 5.72. The number of aromatic nitrogens is 1. The Morgan fingerprint density at radius 1 is 0.463 bits per heavy atom. The van der Waals surface area contributed by atoms with Crippen molar-refractivity contribution in [1.82, 2.24) is 0 Å². The summed E-state index contributed by atoms with van der Waals surface area (Å²) in [7, 11) is 0. The average molecular weight is 542 g/mol. The van der Waals surface area contributed by atoms with Crippen LogP contribution in [-0.2, 0) is 6.54 Å². The lowest BCUT2D eigenvalue weighted by molar-refractivity contribution is -0.671. The number of fused-ring (bicyclic) bond motifs is 1. The van der Waals surface area contributed by atoms with Crippen LogP contribution in [0.15, 0.2) is 134 Å². The van der Waals surface area contributed by atoms with Gasteiger partial charge in [0.05, 0.1) is 6.15 Å². The fraction of sp³-hybridized carbons (Fsp3) is 0.308. The molecule has 5 aromatic rings. The molecule has 5 rings (SSSR count). The smallest absolute Gasteiger partial charge is 0.200 e. The number of para-hydroxylation sites is 1. The molecule has 0 amide bonds. The molecule has 0 aliphatic carbocycles. The Labute approximate surface area is 249 Å². The van der Waals surface area contributed by atoms with E-state index in [2.05, 4.69) is 152 Å². The second-order valence-electron chi connectivity index (χ2n) is 11.4. The van der Waals surface area contributed by atoms with Crippen molar-refractivity contribution >= 4 is 33.4 Å². The van der Waals surface area contributed by atoms with E-state index in [1.165, 1.54) is 85.0 Å². The van der Waals surface area contributed by atoms with E-state index in [0.717, 1.165) is 6.54 Å². The van der Waals surface area contributed by atoms with Gasteiger partial charge in [-0.05, 0) is 12.1 Å². The molecule has 0 radical (unpaired) electrons. The van der Waals surface area contributed by atoms with E-state index < -0.39 is 6.15 Å². The van der Waals surface area contributed by atoms with Crippen LogP contribution in [0.1, 0.15) is 65.2 Å². The molecule has 2 heteroatoms. The summed E-state index contributed by atoms with van der Waals surface area (Å²) < 4.78 is 2.33. The van der Waals surface area contributed by atoms with Gasteiger partial charge in [0.1, 0.15) is 6.54 Å². The van der Waals surface area contributed by atoms with Crippen molar-refractivity contribution in [2.75, 3.05) is 0 Å². The minimum atomic E-state index is -0.938. The fourth-order valence-electron chi connectivity index (χ4n) is 6.40. The van der Waals surface area contributed by atoms with Gasteiger partial charge in [-0.2, -0.15) is 27.3 Å². The van der Waals surface area contributed by atoms with E-state index in [1.807, 2.05) is 0 Å². The first-order valence-electron chi connectivity index (χ1n) is 16.0. The summed E-state index contributed by atoms with van der Waals surface area (Å²) in [6.45, 7) is 5.64. The molecule has 1 heterocycles. The summed E-state index contributed by atoms with van der Waals surface area (Å²) in [4.78, 5) is 0. The van der Waals surface area contributed by atoms with Crippen LogP contribution in [0.25, 0.3) is 10.9 Å². The normalized spacial score (nSPS) is 11.2. The molecule has 0 unspecified atom stereocenters. The Morgan fingerprint density at radius 2 is 0.927 bits per heavy atom. The zero-order chi connectivity index (χ0) is 28.6. The highest BCUT2D eigenvalue weighted by Gasteiger charge is 2.29. The molecule has 1 nitrogen and oxygen atoms in total. The number of rotatable bonds is 13. The number of benzene rings is 4. The second-order valence-corrected chi connectivity index (χ2v) is 11.4. The maximum atomic E-state index is 2.33. The van der Waals surface area contributed by atoms with Gasteiger partial charge in [0.25, 0.3) is 0 Å². The van der Waals surface area contributed by atoms with Crippen molar-refractivity contribution in [3.8, 4) is 0 Å². The molecule has 0 bridgehead atoms. The van der Waals surface area contributed by atoms with Gasteiger partial charge >= 0.3 is 0 Å². The largest absolute Gasteiger partial charge is 0.212 e. The van der Waals surface area contributed by atoms with Crippen LogP contribution >= 0.6 is 0 Å². The zero-order valence-corrected chi connectivity index (χ0v) is 25.3. The Bertz CT molecular complexity index is 1300. The summed E-state index contributed by atoms with van der Waals surface area (Å²) in [6, 6.07) is 46.4. The monoisotopic (exact) mass is 541 g/mol. The number of unbranched alkanes of at least 4 members (excludes halogenated alkanes) is 6. The van der Waals surface area contributed by atoms with Crippen LogP contribution in [0, 0.1) is 0 Å². The average Bonchev–Trinajstić information content (AvgIpc) is 3.05. The predicted molar refractivity (Wildman–Crippen MR) is 181 cm³/mol. The highest BCUT2D eigenvalue weighted by Crippen LogP contribution is 2.18. The zero-order valence-electron chi connectivity index (χ0n) is 25.3. The maximum absolute atomic E-state index is 2.33. The Kier molecular flexibility index (Phi) is 12.3. The third-order valence-electron chi connectivity index (χ3n) is 8.64. The molecular weight excluding hydrogens is 493 g/mol. The molecule has 0 saturated heterocycles. The standard InChI is InChI=1S/C26H32B.C13H16N/c1-2-3-4-5-6-16-23-27(24-17-10-7-11-18-24,25-19-12-8-13-20-25)26-21-14-9-15-22-26;1-2-3-10-14-11-6-8-12-7-4-5-9-13(12)14/h7-15,17-22H,2-6,16,23H2,1H3;4-9,11H,2-3,10H2,1H3/q-1;+1. The van der Waals surface area contributed by atoms with Gasteiger partial charge in [0.15, 0.2) is 6.20 Å². The molecule has 0 fully saturated rings. The third-order valence-corrected chi connectivity index (χ3v) is 8.64. The van der Waals surface area contributed by atoms with Crippen LogP contribution in [0.2, 0.25) is 6.32 Å². The number of hydrogen-bond acceptors (Lipinski definition) is 0. The first-order valence-corrected chi connectivity index (χ1v) is 16.0. The van der Waals surface area contributed by atoms with Crippen LogP contribution in [-0.4, -0.2) is 6.15 Å². The Hall–Kier alpha value is -3.65. The van der Waals surface area contributed by atoms with E-state index in [0.29, 0.717) is 0 Å². The molecule has 0 aliphatic rings. The van der Waals surface area contributed by atoms with Gasteiger partial charge in [-0.1, -0.05) is 162 Å². The van der Waals surface area contributed by atoms with E-state index in [4.69, 9.17) is 0 Å². The van der Waals surface area contributed by atoms with Crippen molar-refractivity contribution in [1.29, 1.82) is 0 Å². The van der Waals surface area contributed by atoms with Crippen molar-refractivity contribution in [3.05, 3.63) is 134 Å². The minimum Gasteiger partial charge on any atom is -0.200 e. The molecule has 212 valence electrons. The SMILES string of the molecule is CCCCCCCC[B-](c1ccccc1)(c1ccccc1)c1ccccc1.CCCC[n+]1cccc2ccccc21. The summed E-state index contributed by atoms with van der Waals surface area (Å²) in [6.07, 6.45) is 13.0. The summed E-state index contributed by atoms with van der Waals surface area (Å²) >= 11 is 0. The molecule has 0 saturated carbocycles. The lowest BCUT2D eigenvalue weighted by Gasteiger charge is -2.43. The Balaban J connectivity index is 0.000000231. The van der Waals surface area contributed by atoms with E-state index in [9.17, 15) is 0 Å². The second kappa shape index (κ2) is 16.6. The maximum Gasteiger partial charge on any atom is 0.212 e. The quantitative estimate of drug-likeness (QED) is 0.0800. The molecule has 4 aromatic carbocycles. The molecule has 1 aromatic heterocycles. The minimum absolute atomic E-state index is 0.938. The number of pyridine rings is 1. The van der Waals surface area contributed by atoms with Crippen molar-refractivity contribution < 1.29 is 4.57 Å². The van der Waals surface area contributed by atoms with Crippen LogP contribution in [0.4, 0.5) is 0 Å². The van der Waals surface area contributed by atoms with Gasteiger partial charge in [-0.15, -0.1) is 0 Å². The van der Waals surface area contributed by atoms with Gasteiger partial charge in [-0.3, -0.25) is 0 Å². The van der Waals surface area contributed by atoms with Crippen LogP contribution in [0.5, 0.6) is 0 Å². The summed E-state index contributed by atoms with van der Waals surface area (Å²) in [5.74, 6) is 0. The first kappa shape index (κ1) is 30.3. The topological polar surface area (TPSA) is 3.88 Å². The molecule has 0 spiro atoms. The van der Waals surface area contributed by atoms with Crippen molar-refractivity contribution in [3.63, 3.8) is 0 Å². The lowest BCUT2D eigenvalue weighted by Crippen LogP contribution is -2.66. The van der Waals surface area contributed by atoms with E-state index >= 15 is 0 Å². The van der Waals surface area contributed by atoms with E-state index in [-0.39, 0.29) is 0 Å². The lowest BCUT2D eigenvalue weighted by atomic mass is 9.14. The van der Waals surface area contributed by atoms with Gasteiger partial charge in [0, 0.05) is 23.9 Å². The van der Waals surface area contributed by atoms with Crippen molar-refractivity contribution in [2.24, 2.45) is 0 Å². The van der Waals surface area contributed by atoms with Gasteiger partial charge in [0.2, 0.25) is 5.52 Å². The molecular formula is C39H48BN.